The zero-order valence-corrected chi connectivity index (χ0v) is 16.9. The van der Waals surface area contributed by atoms with Crippen molar-refractivity contribution in [3.8, 4) is 5.75 Å². The molecule has 0 aliphatic heterocycles. The fourth-order valence-corrected chi connectivity index (χ4v) is 3.82. The maximum absolute atomic E-state index is 12.6. The van der Waals surface area contributed by atoms with Crippen LogP contribution in [0.15, 0.2) is 41.3 Å². The minimum absolute atomic E-state index is 0.0480. The van der Waals surface area contributed by atoms with Crippen molar-refractivity contribution in [1.82, 2.24) is 4.31 Å². The second kappa shape index (κ2) is 8.45. The quantitative estimate of drug-likeness (QED) is 0.743. The fourth-order valence-electron chi connectivity index (χ4n) is 2.05. The SMILES string of the molecule is COc1ccc(S(=O)(=O)N(C)CC(=O)Nc2ccc(Cl)c(Cl)c2)cc1Cl. The Morgan fingerprint density at radius 3 is 2.35 bits per heavy atom. The van der Waals surface area contributed by atoms with E-state index in [0.717, 1.165) is 4.31 Å². The Morgan fingerprint density at radius 2 is 1.77 bits per heavy atom. The fraction of sp³-hybridized carbons (Fsp3) is 0.188. The van der Waals surface area contributed by atoms with Crippen LogP contribution in [-0.4, -0.2) is 39.3 Å². The van der Waals surface area contributed by atoms with Gasteiger partial charge in [0.2, 0.25) is 15.9 Å². The van der Waals surface area contributed by atoms with Crippen molar-refractivity contribution in [3.63, 3.8) is 0 Å². The molecule has 0 aliphatic carbocycles. The molecule has 0 radical (unpaired) electrons. The van der Waals surface area contributed by atoms with E-state index in [1.165, 1.54) is 44.5 Å². The first-order valence-electron chi connectivity index (χ1n) is 7.20. The van der Waals surface area contributed by atoms with Gasteiger partial charge in [-0.05, 0) is 36.4 Å². The third kappa shape index (κ3) is 4.81. The molecule has 1 N–H and O–H groups in total. The normalized spacial score (nSPS) is 11.5. The number of hydrogen-bond acceptors (Lipinski definition) is 4. The molecule has 0 bridgehead atoms. The van der Waals surface area contributed by atoms with Crippen LogP contribution in [0.2, 0.25) is 15.1 Å². The molecule has 0 saturated carbocycles. The maximum Gasteiger partial charge on any atom is 0.243 e. The van der Waals surface area contributed by atoms with Crippen molar-refractivity contribution in [1.29, 1.82) is 0 Å². The maximum atomic E-state index is 12.6. The van der Waals surface area contributed by atoms with Gasteiger partial charge in [0.05, 0.1) is 33.6 Å². The average Bonchev–Trinajstić information content (AvgIpc) is 2.57. The summed E-state index contributed by atoms with van der Waals surface area (Å²) in [7, 11) is -1.18. The molecule has 0 aliphatic rings. The number of carbonyl (C=O) groups excluding carboxylic acids is 1. The van der Waals surface area contributed by atoms with Crippen molar-refractivity contribution in [3.05, 3.63) is 51.5 Å². The van der Waals surface area contributed by atoms with Crippen LogP contribution >= 0.6 is 34.8 Å². The van der Waals surface area contributed by atoms with Crippen LogP contribution in [0.1, 0.15) is 0 Å². The van der Waals surface area contributed by atoms with Gasteiger partial charge in [-0.1, -0.05) is 34.8 Å². The van der Waals surface area contributed by atoms with Gasteiger partial charge in [0.25, 0.3) is 0 Å². The van der Waals surface area contributed by atoms with Crippen molar-refractivity contribution < 1.29 is 17.9 Å². The van der Waals surface area contributed by atoms with Gasteiger partial charge in [0.1, 0.15) is 5.75 Å². The Hall–Kier alpha value is -1.51. The number of nitrogens with zero attached hydrogens (tertiary/aromatic N) is 1. The highest BCUT2D eigenvalue weighted by atomic mass is 35.5. The number of nitrogens with one attached hydrogen (secondary N) is 1. The van der Waals surface area contributed by atoms with Gasteiger partial charge in [-0.3, -0.25) is 4.79 Å². The summed E-state index contributed by atoms with van der Waals surface area (Å²) in [6.07, 6.45) is 0. The molecular weight excluding hydrogens is 423 g/mol. The smallest absolute Gasteiger partial charge is 0.243 e. The second-order valence-electron chi connectivity index (χ2n) is 5.23. The summed E-state index contributed by atoms with van der Waals surface area (Å²) in [5, 5.41) is 3.34. The lowest BCUT2D eigenvalue weighted by Crippen LogP contribution is -2.35. The number of sulfonamides is 1. The molecule has 0 heterocycles. The number of anilines is 1. The summed E-state index contributed by atoms with van der Waals surface area (Å²) < 4.78 is 31.1. The van der Waals surface area contributed by atoms with E-state index in [9.17, 15) is 13.2 Å². The summed E-state index contributed by atoms with van der Waals surface area (Å²) in [6, 6.07) is 8.62. The highest BCUT2D eigenvalue weighted by Gasteiger charge is 2.24. The first-order valence-corrected chi connectivity index (χ1v) is 9.77. The van der Waals surface area contributed by atoms with E-state index in [1.54, 1.807) is 6.07 Å². The molecular formula is C16H15Cl3N2O4S. The van der Waals surface area contributed by atoms with E-state index in [2.05, 4.69) is 5.32 Å². The van der Waals surface area contributed by atoms with Gasteiger partial charge in [-0.15, -0.1) is 0 Å². The van der Waals surface area contributed by atoms with Crippen LogP contribution < -0.4 is 10.1 Å². The van der Waals surface area contributed by atoms with Gasteiger partial charge in [0, 0.05) is 12.7 Å². The monoisotopic (exact) mass is 436 g/mol. The Balaban J connectivity index is 2.11. The summed E-state index contributed by atoms with van der Waals surface area (Å²) in [5.74, 6) is -0.181. The molecule has 0 spiro atoms. The molecule has 6 nitrogen and oxygen atoms in total. The van der Waals surface area contributed by atoms with E-state index in [-0.39, 0.29) is 14.9 Å². The lowest BCUT2D eigenvalue weighted by atomic mass is 10.3. The van der Waals surface area contributed by atoms with Gasteiger partial charge < -0.3 is 10.1 Å². The van der Waals surface area contributed by atoms with Gasteiger partial charge in [-0.25, -0.2) is 8.42 Å². The number of likely N-dealkylation sites (N-methyl/N-ethyl adjacent to an activating group) is 1. The zero-order chi connectivity index (χ0) is 19.5. The summed E-state index contributed by atoms with van der Waals surface area (Å²) >= 11 is 17.7. The number of ether oxygens (including phenoxy) is 1. The molecule has 10 heteroatoms. The van der Waals surface area contributed by atoms with Gasteiger partial charge in [-0.2, -0.15) is 4.31 Å². The topological polar surface area (TPSA) is 75.7 Å². The van der Waals surface area contributed by atoms with Crippen LogP contribution in [0, 0.1) is 0 Å². The first-order chi connectivity index (χ1) is 12.1. The van der Waals surface area contributed by atoms with Crippen molar-refractivity contribution in [2.45, 2.75) is 4.90 Å². The van der Waals surface area contributed by atoms with Crippen LogP contribution in [0.5, 0.6) is 5.75 Å². The Kier molecular flexibility index (Phi) is 6.76. The van der Waals surface area contributed by atoms with E-state index >= 15 is 0 Å². The van der Waals surface area contributed by atoms with Crippen LogP contribution in [0.25, 0.3) is 0 Å². The van der Waals surface area contributed by atoms with E-state index in [1.807, 2.05) is 0 Å². The lowest BCUT2D eigenvalue weighted by molar-refractivity contribution is -0.116. The second-order valence-corrected chi connectivity index (χ2v) is 8.50. The Labute approximate surface area is 166 Å². The number of amides is 1. The van der Waals surface area contributed by atoms with Crippen molar-refractivity contribution >= 4 is 56.4 Å². The zero-order valence-electron chi connectivity index (χ0n) is 13.8. The number of hydrogen-bond donors (Lipinski definition) is 1. The average molecular weight is 438 g/mol. The predicted octanol–water partition coefficient (Wildman–Crippen LogP) is 3.91. The molecule has 0 saturated heterocycles. The number of halogens is 3. The predicted molar refractivity (Wildman–Crippen MR) is 103 cm³/mol. The third-order valence-corrected chi connectivity index (χ3v) is 6.23. The number of carbonyl (C=O) groups is 1. The van der Waals surface area contributed by atoms with Gasteiger partial charge >= 0.3 is 0 Å². The molecule has 140 valence electrons. The first kappa shape index (κ1) is 20.8. The summed E-state index contributed by atoms with van der Waals surface area (Å²) in [4.78, 5) is 12.1. The van der Waals surface area contributed by atoms with E-state index in [4.69, 9.17) is 39.5 Å². The third-order valence-electron chi connectivity index (χ3n) is 3.40. The Bertz CT molecular complexity index is 935. The molecule has 0 unspecified atom stereocenters. The van der Waals surface area contributed by atoms with E-state index in [0.29, 0.717) is 16.5 Å². The van der Waals surface area contributed by atoms with Crippen molar-refractivity contribution in [2.24, 2.45) is 0 Å². The largest absolute Gasteiger partial charge is 0.495 e. The highest BCUT2D eigenvalue weighted by molar-refractivity contribution is 7.89. The molecule has 1 amide bonds. The van der Waals surface area contributed by atoms with E-state index < -0.39 is 22.5 Å². The molecule has 0 fully saturated rings. The minimum atomic E-state index is -3.90. The molecule has 0 atom stereocenters. The highest BCUT2D eigenvalue weighted by Crippen LogP contribution is 2.28. The molecule has 2 aromatic rings. The number of rotatable bonds is 6. The van der Waals surface area contributed by atoms with Crippen molar-refractivity contribution in [2.75, 3.05) is 26.0 Å². The standard InChI is InChI=1S/C16H15Cl3N2O4S/c1-21(9-16(22)20-10-3-5-12(17)13(18)7-10)26(23,24)11-4-6-15(25-2)14(19)8-11/h3-8H,9H2,1-2H3,(H,20,22). The molecule has 0 aromatic heterocycles. The summed E-state index contributed by atoms with van der Waals surface area (Å²) in [6.45, 7) is -0.397. The summed E-state index contributed by atoms with van der Waals surface area (Å²) in [5.41, 5.74) is 0.405. The van der Waals surface area contributed by atoms with Crippen LogP contribution in [0.4, 0.5) is 5.69 Å². The number of benzene rings is 2. The van der Waals surface area contributed by atoms with Crippen LogP contribution in [0.3, 0.4) is 0 Å². The number of methoxy groups -OCH3 is 1. The van der Waals surface area contributed by atoms with Gasteiger partial charge in [0.15, 0.2) is 0 Å². The molecule has 26 heavy (non-hydrogen) atoms. The molecule has 2 aromatic carbocycles. The Morgan fingerprint density at radius 1 is 1.08 bits per heavy atom. The minimum Gasteiger partial charge on any atom is -0.495 e. The lowest BCUT2D eigenvalue weighted by Gasteiger charge is -2.17. The molecule has 2 rings (SSSR count). The van der Waals surface area contributed by atoms with Crippen LogP contribution in [-0.2, 0) is 14.8 Å².